The summed E-state index contributed by atoms with van der Waals surface area (Å²) in [7, 11) is 0. The van der Waals surface area contributed by atoms with Gasteiger partial charge < -0.3 is 21.1 Å². The molecule has 7 nitrogen and oxygen atoms in total. The zero-order valence-corrected chi connectivity index (χ0v) is 13.0. The quantitative estimate of drug-likeness (QED) is 0.584. The molecule has 2 aliphatic rings. The lowest BCUT2D eigenvalue weighted by molar-refractivity contribution is -0.134. The van der Waals surface area contributed by atoms with Crippen molar-refractivity contribution in [3.8, 4) is 0 Å². The van der Waals surface area contributed by atoms with E-state index >= 15 is 0 Å². The lowest BCUT2D eigenvalue weighted by Crippen LogP contribution is -2.43. The minimum atomic E-state index is -0.941. The Labute approximate surface area is 130 Å². The molecule has 2 saturated heterocycles. The van der Waals surface area contributed by atoms with Crippen LogP contribution in [0.4, 0.5) is 0 Å². The number of amides is 2. The van der Waals surface area contributed by atoms with Gasteiger partial charge in [0, 0.05) is 25.4 Å². The standard InChI is InChI=1S/C15H25N3O4/c1-9(19)11(14(16)21)7-13(20)10-4-6-18(8-10)15(22)12-3-2-5-17-12/h9-12,17,19H,2-8H2,1H3,(H2,16,21)/t9-,10?,11+,12-/m1/s1. The molecule has 0 bridgehead atoms. The van der Waals surface area contributed by atoms with Gasteiger partial charge in [0.2, 0.25) is 11.8 Å². The van der Waals surface area contributed by atoms with Gasteiger partial charge in [-0.3, -0.25) is 14.4 Å². The number of rotatable bonds is 6. The maximum atomic E-state index is 12.3. The van der Waals surface area contributed by atoms with Crippen LogP contribution in [-0.4, -0.2) is 59.4 Å². The van der Waals surface area contributed by atoms with Crippen molar-refractivity contribution >= 4 is 17.6 Å². The van der Waals surface area contributed by atoms with Crippen molar-refractivity contribution < 1.29 is 19.5 Å². The largest absolute Gasteiger partial charge is 0.393 e. The molecule has 22 heavy (non-hydrogen) atoms. The molecule has 1 unspecified atom stereocenters. The number of hydrogen-bond acceptors (Lipinski definition) is 5. The summed E-state index contributed by atoms with van der Waals surface area (Å²) in [4.78, 5) is 37.6. The molecule has 0 radical (unpaired) electrons. The number of likely N-dealkylation sites (tertiary alicyclic amines) is 1. The van der Waals surface area contributed by atoms with Gasteiger partial charge in [0.1, 0.15) is 5.78 Å². The molecule has 0 aromatic carbocycles. The minimum absolute atomic E-state index is 0.0542. The van der Waals surface area contributed by atoms with Crippen molar-refractivity contribution in [1.29, 1.82) is 0 Å². The number of hydrogen-bond donors (Lipinski definition) is 3. The third-order valence-corrected chi connectivity index (χ3v) is 4.68. The van der Waals surface area contributed by atoms with E-state index in [-0.39, 0.29) is 30.1 Å². The van der Waals surface area contributed by atoms with E-state index in [0.717, 1.165) is 19.4 Å². The van der Waals surface area contributed by atoms with Gasteiger partial charge in [0.05, 0.1) is 18.1 Å². The molecule has 2 rings (SSSR count). The van der Waals surface area contributed by atoms with Gasteiger partial charge in [-0.15, -0.1) is 0 Å². The van der Waals surface area contributed by atoms with Crippen molar-refractivity contribution in [3.05, 3.63) is 0 Å². The topological polar surface area (TPSA) is 113 Å². The van der Waals surface area contributed by atoms with Crippen LogP contribution < -0.4 is 11.1 Å². The number of aliphatic hydroxyl groups excluding tert-OH is 1. The fourth-order valence-corrected chi connectivity index (χ4v) is 3.23. The van der Waals surface area contributed by atoms with Gasteiger partial charge in [0.15, 0.2) is 0 Å². The number of carbonyl (C=O) groups excluding carboxylic acids is 3. The molecule has 0 spiro atoms. The SMILES string of the molecule is C[C@@H](O)[C@H](CC(=O)C1CCN(C(=O)[C@H]2CCCN2)C1)C(N)=O. The van der Waals surface area contributed by atoms with Crippen LogP contribution in [0.3, 0.4) is 0 Å². The first-order valence-corrected chi connectivity index (χ1v) is 7.92. The van der Waals surface area contributed by atoms with Crippen LogP contribution >= 0.6 is 0 Å². The van der Waals surface area contributed by atoms with Crippen LogP contribution in [0.2, 0.25) is 0 Å². The lowest BCUT2D eigenvalue weighted by Gasteiger charge is -2.21. The summed E-state index contributed by atoms with van der Waals surface area (Å²) < 4.78 is 0. The number of nitrogens with two attached hydrogens (primary N) is 1. The van der Waals surface area contributed by atoms with Crippen LogP contribution in [-0.2, 0) is 14.4 Å². The second-order valence-corrected chi connectivity index (χ2v) is 6.34. The van der Waals surface area contributed by atoms with Crippen molar-refractivity contribution in [1.82, 2.24) is 10.2 Å². The molecule has 124 valence electrons. The lowest BCUT2D eigenvalue weighted by atomic mass is 9.90. The fourth-order valence-electron chi connectivity index (χ4n) is 3.23. The molecule has 4 atom stereocenters. The van der Waals surface area contributed by atoms with Gasteiger partial charge in [-0.05, 0) is 32.7 Å². The highest BCUT2D eigenvalue weighted by Gasteiger charge is 2.36. The Bertz CT molecular complexity index is 446. The predicted molar refractivity (Wildman–Crippen MR) is 79.7 cm³/mol. The highest BCUT2D eigenvalue weighted by atomic mass is 16.3. The molecular weight excluding hydrogens is 286 g/mol. The van der Waals surface area contributed by atoms with E-state index in [0.29, 0.717) is 19.5 Å². The van der Waals surface area contributed by atoms with Crippen LogP contribution in [0.25, 0.3) is 0 Å². The van der Waals surface area contributed by atoms with Crippen LogP contribution in [0.15, 0.2) is 0 Å². The fraction of sp³-hybridized carbons (Fsp3) is 0.800. The van der Waals surface area contributed by atoms with Gasteiger partial charge in [-0.1, -0.05) is 0 Å². The van der Waals surface area contributed by atoms with Crippen LogP contribution in [0, 0.1) is 11.8 Å². The molecule has 2 fully saturated rings. The average molecular weight is 311 g/mol. The number of aliphatic hydroxyl groups is 1. The average Bonchev–Trinajstić information content (AvgIpc) is 3.13. The molecular formula is C15H25N3O4. The monoisotopic (exact) mass is 311 g/mol. The Morgan fingerprint density at radius 3 is 2.64 bits per heavy atom. The minimum Gasteiger partial charge on any atom is -0.393 e. The van der Waals surface area contributed by atoms with E-state index in [9.17, 15) is 19.5 Å². The third-order valence-electron chi connectivity index (χ3n) is 4.68. The highest BCUT2D eigenvalue weighted by molar-refractivity contribution is 5.89. The summed E-state index contributed by atoms with van der Waals surface area (Å²) in [5, 5.41) is 12.7. The smallest absolute Gasteiger partial charge is 0.239 e. The summed E-state index contributed by atoms with van der Waals surface area (Å²) in [6, 6.07) is -0.121. The van der Waals surface area contributed by atoms with E-state index in [4.69, 9.17) is 5.73 Å². The Hall–Kier alpha value is -1.47. The van der Waals surface area contributed by atoms with Crippen molar-refractivity contribution in [2.75, 3.05) is 19.6 Å². The number of primary amides is 1. The molecule has 2 heterocycles. The van der Waals surface area contributed by atoms with Crippen molar-refractivity contribution in [2.24, 2.45) is 17.6 Å². The van der Waals surface area contributed by atoms with Gasteiger partial charge >= 0.3 is 0 Å². The van der Waals surface area contributed by atoms with Gasteiger partial charge in [-0.2, -0.15) is 0 Å². The Balaban J connectivity index is 1.87. The second-order valence-electron chi connectivity index (χ2n) is 6.34. The number of ketones is 1. The molecule has 4 N–H and O–H groups in total. The van der Waals surface area contributed by atoms with Crippen LogP contribution in [0.1, 0.15) is 32.6 Å². The number of Topliss-reactive ketones (excluding diaryl/α,β-unsaturated/α-hetero) is 1. The van der Waals surface area contributed by atoms with E-state index in [1.807, 2.05) is 0 Å². The first-order valence-electron chi connectivity index (χ1n) is 7.92. The summed E-state index contributed by atoms with van der Waals surface area (Å²) in [6.45, 7) is 3.30. The number of nitrogens with zero attached hydrogens (tertiary/aromatic N) is 1. The Kier molecular flexibility index (Phi) is 5.52. The predicted octanol–water partition coefficient (Wildman–Crippen LogP) is -0.972. The maximum Gasteiger partial charge on any atom is 0.239 e. The molecule has 0 aromatic heterocycles. The molecule has 0 saturated carbocycles. The number of nitrogens with one attached hydrogen (secondary N) is 1. The number of carbonyl (C=O) groups is 3. The molecule has 7 heteroatoms. The molecule has 2 aliphatic heterocycles. The van der Waals surface area contributed by atoms with Crippen molar-refractivity contribution in [3.63, 3.8) is 0 Å². The van der Waals surface area contributed by atoms with E-state index < -0.39 is 17.9 Å². The summed E-state index contributed by atoms with van der Waals surface area (Å²) in [5.74, 6) is -1.81. The Morgan fingerprint density at radius 1 is 1.36 bits per heavy atom. The van der Waals surface area contributed by atoms with E-state index in [1.165, 1.54) is 6.92 Å². The summed E-state index contributed by atoms with van der Waals surface area (Å²) in [6.07, 6.45) is 1.47. The van der Waals surface area contributed by atoms with Gasteiger partial charge in [-0.25, -0.2) is 0 Å². The zero-order valence-electron chi connectivity index (χ0n) is 13.0. The summed E-state index contributed by atoms with van der Waals surface area (Å²) in [5.41, 5.74) is 5.22. The highest BCUT2D eigenvalue weighted by Crippen LogP contribution is 2.23. The normalized spacial score (nSPS) is 27.6. The first-order chi connectivity index (χ1) is 10.4. The van der Waals surface area contributed by atoms with Crippen molar-refractivity contribution in [2.45, 2.75) is 44.8 Å². The Morgan fingerprint density at radius 2 is 2.09 bits per heavy atom. The summed E-state index contributed by atoms with van der Waals surface area (Å²) >= 11 is 0. The van der Waals surface area contributed by atoms with E-state index in [1.54, 1.807) is 4.90 Å². The molecule has 2 amide bonds. The van der Waals surface area contributed by atoms with Crippen LogP contribution in [0.5, 0.6) is 0 Å². The second kappa shape index (κ2) is 7.19. The van der Waals surface area contributed by atoms with E-state index in [2.05, 4.69) is 5.32 Å². The van der Waals surface area contributed by atoms with Gasteiger partial charge in [0.25, 0.3) is 0 Å². The third kappa shape index (κ3) is 3.84. The zero-order chi connectivity index (χ0) is 16.3. The molecule has 0 aromatic rings. The maximum absolute atomic E-state index is 12.3. The first kappa shape index (κ1) is 16.9. The molecule has 0 aliphatic carbocycles.